The number of nitrogens with one attached hydrogen (secondary N) is 1. The Hall–Kier alpha value is -2.15. The molecule has 0 bridgehead atoms. The van der Waals surface area contributed by atoms with Crippen molar-refractivity contribution in [3.63, 3.8) is 0 Å². The quantitative estimate of drug-likeness (QED) is 0.655. The molecule has 1 aromatic carbocycles. The van der Waals surface area contributed by atoms with Crippen LogP contribution in [-0.4, -0.2) is 25.5 Å². The Morgan fingerprint density at radius 2 is 1.95 bits per heavy atom. The Balaban J connectivity index is 2.16. The first-order valence-electron chi connectivity index (χ1n) is 6.89. The molecule has 0 aromatic heterocycles. The first-order valence-corrected chi connectivity index (χ1v) is 8.37. The number of hydrogen-bond acceptors (Lipinski definition) is 5. The second-order valence-corrected chi connectivity index (χ2v) is 6.99. The molecule has 0 aliphatic heterocycles. The molecule has 0 saturated heterocycles. The first kappa shape index (κ1) is 16.2. The van der Waals surface area contributed by atoms with Gasteiger partial charge >= 0.3 is 0 Å². The van der Waals surface area contributed by atoms with Gasteiger partial charge in [-0.05, 0) is 25.5 Å². The predicted octanol–water partition coefficient (Wildman–Crippen LogP) is 2.07. The molecule has 1 unspecified atom stereocenters. The number of rotatable bonds is 4. The fraction of sp³-hybridized carbons (Fsp3) is 0.333. The molecule has 22 heavy (non-hydrogen) atoms. The van der Waals surface area contributed by atoms with Gasteiger partial charge in [0.25, 0.3) is 10.0 Å². The molecule has 0 amide bonds. The van der Waals surface area contributed by atoms with Crippen LogP contribution in [0.4, 0.5) is 0 Å². The van der Waals surface area contributed by atoms with Crippen LogP contribution in [0.25, 0.3) is 0 Å². The summed E-state index contributed by atoms with van der Waals surface area (Å²) < 4.78 is 24.0. The highest BCUT2D eigenvalue weighted by Crippen LogP contribution is 2.24. The van der Waals surface area contributed by atoms with Gasteiger partial charge in [0.15, 0.2) is 5.78 Å². The topological polar surface area (TPSA) is 95.8 Å². The molecule has 0 saturated carbocycles. The maximum Gasteiger partial charge on any atom is 0.276 e. The molecule has 0 spiro atoms. The first-order chi connectivity index (χ1) is 10.3. The number of nitrogens with zero attached hydrogens (tertiary/aromatic N) is 1. The van der Waals surface area contributed by atoms with Crippen molar-refractivity contribution in [2.24, 2.45) is 11.0 Å². The molecule has 0 heterocycles. The van der Waals surface area contributed by atoms with Gasteiger partial charge in [0.1, 0.15) is 5.76 Å². The Morgan fingerprint density at radius 1 is 1.32 bits per heavy atom. The largest absolute Gasteiger partial charge is 0.511 e. The molecule has 7 heteroatoms. The molecule has 0 radical (unpaired) electrons. The van der Waals surface area contributed by atoms with Gasteiger partial charge in [0, 0.05) is 12.3 Å². The molecule has 1 aliphatic rings. The van der Waals surface area contributed by atoms with Gasteiger partial charge in [-0.25, -0.2) is 4.83 Å². The number of Topliss-reactive ketones (excluding diaryl/α,β-unsaturated/α-hetero) is 1. The number of hydrogen-bond donors (Lipinski definition) is 2. The maximum atomic E-state index is 12.0. The number of carbonyl (C=O) groups is 1. The van der Waals surface area contributed by atoms with E-state index in [1.807, 2.05) is 11.8 Å². The lowest BCUT2D eigenvalue weighted by atomic mass is 9.89. The lowest BCUT2D eigenvalue weighted by Gasteiger charge is -2.18. The van der Waals surface area contributed by atoms with E-state index in [1.54, 1.807) is 19.1 Å². The summed E-state index contributed by atoms with van der Waals surface area (Å²) >= 11 is 0. The standard InChI is InChI=1S/C15H18N2O4S/c1-10-3-6-12(7-4-10)22(20,21)17-16-9-13-14(18)8-5-11(2)15(13)19/h3-4,6-7,9,11,17,19H,5,8H2,1-2H3. The minimum atomic E-state index is -3.79. The Kier molecular flexibility index (Phi) is 4.65. The molecule has 6 nitrogen and oxygen atoms in total. The van der Waals surface area contributed by atoms with Crippen LogP contribution in [0.15, 0.2) is 45.6 Å². The fourth-order valence-electron chi connectivity index (χ4n) is 2.10. The number of hydrazone groups is 1. The Labute approximate surface area is 129 Å². The SMILES string of the molecule is Cc1ccc(S(=O)(=O)NN=CC2=C(O)C(C)CCC2=O)cc1. The van der Waals surface area contributed by atoms with E-state index in [0.717, 1.165) is 11.8 Å². The maximum absolute atomic E-state index is 12.0. The lowest BCUT2D eigenvalue weighted by molar-refractivity contribution is -0.116. The summed E-state index contributed by atoms with van der Waals surface area (Å²) in [6.45, 7) is 3.65. The normalized spacial score (nSPS) is 19.7. The van der Waals surface area contributed by atoms with Crippen LogP contribution in [-0.2, 0) is 14.8 Å². The third kappa shape index (κ3) is 3.54. The van der Waals surface area contributed by atoms with Crippen molar-refractivity contribution in [2.45, 2.75) is 31.6 Å². The number of sulfonamides is 1. The molecule has 1 aromatic rings. The third-order valence-corrected chi connectivity index (χ3v) is 4.78. The van der Waals surface area contributed by atoms with Crippen molar-refractivity contribution in [1.29, 1.82) is 0 Å². The highest BCUT2D eigenvalue weighted by molar-refractivity contribution is 7.89. The van der Waals surface area contributed by atoms with Crippen molar-refractivity contribution in [3.05, 3.63) is 41.2 Å². The Morgan fingerprint density at radius 3 is 2.59 bits per heavy atom. The minimum Gasteiger partial charge on any atom is -0.511 e. The second kappa shape index (κ2) is 6.31. The Bertz CT molecular complexity index is 733. The molecule has 1 aliphatic carbocycles. The molecule has 1 atom stereocenters. The summed E-state index contributed by atoms with van der Waals surface area (Å²) in [5.41, 5.74) is 1.00. The summed E-state index contributed by atoms with van der Waals surface area (Å²) in [6, 6.07) is 6.30. The van der Waals surface area contributed by atoms with E-state index in [4.69, 9.17) is 0 Å². The number of aliphatic hydroxyl groups excluding tert-OH is 1. The van der Waals surface area contributed by atoms with Crippen LogP contribution >= 0.6 is 0 Å². The number of benzene rings is 1. The van der Waals surface area contributed by atoms with Crippen molar-refractivity contribution >= 4 is 22.0 Å². The van der Waals surface area contributed by atoms with E-state index in [9.17, 15) is 18.3 Å². The predicted molar refractivity (Wildman–Crippen MR) is 83.1 cm³/mol. The van der Waals surface area contributed by atoms with Gasteiger partial charge in [-0.15, -0.1) is 0 Å². The molecule has 118 valence electrons. The second-order valence-electron chi connectivity index (χ2n) is 5.33. The summed E-state index contributed by atoms with van der Waals surface area (Å²) in [5, 5.41) is 13.5. The number of aryl methyl sites for hydroxylation is 1. The van der Waals surface area contributed by atoms with Gasteiger partial charge in [-0.2, -0.15) is 13.5 Å². The monoisotopic (exact) mass is 322 g/mol. The van der Waals surface area contributed by atoms with E-state index in [2.05, 4.69) is 5.10 Å². The zero-order chi connectivity index (χ0) is 16.3. The summed E-state index contributed by atoms with van der Waals surface area (Å²) in [4.78, 5) is 13.8. The van der Waals surface area contributed by atoms with E-state index < -0.39 is 10.0 Å². The van der Waals surface area contributed by atoms with E-state index >= 15 is 0 Å². The van der Waals surface area contributed by atoms with Crippen molar-refractivity contribution < 1.29 is 18.3 Å². The molecule has 2 N–H and O–H groups in total. The molecular formula is C15H18N2O4S. The number of aliphatic hydroxyl groups is 1. The van der Waals surface area contributed by atoms with E-state index in [1.165, 1.54) is 12.1 Å². The highest BCUT2D eigenvalue weighted by atomic mass is 32.2. The van der Waals surface area contributed by atoms with Gasteiger partial charge in [0.2, 0.25) is 0 Å². The number of allylic oxidation sites excluding steroid dienone is 2. The van der Waals surface area contributed by atoms with E-state index in [0.29, 0.717) is 12.8 Å². The fourth-order valence-corrected chi connectivity index (χ4v) is 2.89. The van der Waals surface area contributed by atoms with Gasteiger partial charge in [-0.3, -0.25) is 4.79 Å². The number of ketones is 1. The molecule has 2 rings (SSSR count). The summed E-state index contributed by atoms with van der Waals surface area (Å²) in [7, 11) is -3.79. The van der Waals surface area contributed by atoms with Gasteiger partial charge in [-0.1, -0.05) is 24.6 Å². The van der Waals surface area contributed by atoms with E-state index in [-0.39, 0.29) is 27.9 Å². The third-order valence-electron chi connectivity index (χ3n) is 3.55. The van der Waals surface area contributed by atoms with Crippen LogP contribution in [0.3, 0.4) is 0 Å². The van der Waals surface area contributed by atoms with Crippen LogP contribution in [0, 0.1) is 12.8 Å². The summed E-state index contributed by atoms with van der Waals surface area (Å²) in [6.07, 6.45) is 1.97. The average Bonchev–Trinajstić information content (AvgIpc) is 2.47. The zero-order valence-electron chi connectivity index (χ0n) is 12.4. The van der Waals surface area contributed by atoms with Crippen LogP contribution in [0.5, 0.6) is 0 Å². The molecular weight excluding hydrogens is 304 g/mol. The van der Waals surface area contributed by atoms with Gasteiger partial charge in [0.05, 0.1) is 16.7 Å². The van der Waals surface area contributed by atoms with Crippen molar-refractivity contribution in [2.75, 3.05) is 0 Å². The highest BCUT2D eigenvalue weighted by Gasteiger charge is 2.24. The van der Waals surface area contributed by atoms with Crippen molar-refractivity contribution in [3.8, 4) is 0 Å². The van der Waals surface area contributed by atoms with Crippen LogP contribution in [0.2, 0.25) is 0 Å². The van der Waals surface area contributed by atoms with Crippen LogP contribution < -0.4 is 4.83 Å². The van der Waals surface area contributed by atoms with Gasteiger partial charge < -0.3 is 5.11 Å². The van der Waals surface area contributed by atoms with Crippen molar-refractivity contribution in [1.82, 2.24) is 4.83 Å². The minimum absolute atomic E-state index is 0.0467. The lowest BCUT2D eigenvalue weighted by Crippen LogP contribution is -2.22. The summed E-state index contributed by atoms with van der Waals surface area (Å²) in [5.74, 6) is -0.420. The van der Waals surface area contributed by atoms with Crippen LogP contribution in [0.1, 0.15) is 25.3 Å². The zero-order valence-corrected chi connectivity index (χ0v) is 13.2. The smallest absolute Gasteiger partial charge is 0.276 e. The average molecular weight is 322 g/mol. The molecule has 0 fully saturated rings. The number of carbonyl (C=O) groups excluding carboxylic acids is 1.